The first-order chi connectivity index (χ1) is 14.9. The Morgan fingerprint density at radius 2 is 1.65 bits per heavy atom. The summed E-state index contributed by atoms with van der Waals surface area (Å²) in [4.78, 5) is 15.3. The summed E-state index contributed by atoms with van der Waals surface area (Å²) in [7, 11) is 0. The fourth-order valence-corrected chi connectivity index (χ4v) is 5.64. The first-order valence-electron chi connectivity index (χ1n) is 11.3. The van der Waals surface area contributed by atoms with Crippen LogP contribution in [0.5, 0.6) is 0 Å². The predicted molar refractivity (Wildman–Crippen MR) is 129 cm³/mol. The van der Waals surface area contributed by atoms with Gasteiger partial charge in [0, 0.05) is 33.7 Å². The van der Waals surface area contributed by atoms with Crippen molar-refractivity contribution in [3.05, 3.63) is 63.6 Å². The zero-order valence-corrected chi connectivity index (χ0v) is 19.6. The van der Waals surface area contributed by atoms with Crippen LogP contribution in [0.25, 0.3) is 0 Å². The van der Waals surface area contributed by atoms with E-state index in [2.05, 4.69) is 46.7 Å². The highest BCUT2D eigenvalue weighted by atomic mass is 35.5. The van der Waals surface area contributed by atoms with Gasteiger partial charge in [-0.15, -0.1) is 0 Å². The Labute approximate surface area is 195 Å². The fraction of sp³-hybridized carbons (Fsp3) is 0.480. The van der Waals surface area contributed by atoms with Gasteiger partial charge < -0.3 is 15.5 Å². The smallest absolute Gasteiger partial charge is 0.319 e. The maximum Gasteiger partial charge on any atom is 0.319 e. The lowest BCUT2D eigenvalue weighted by atomic mass is 9.72. The van der Waals surface area contributed by atoms with Gasteiger partial charge in [-0.2, -0.15) is 0 Å². The molecule has 1 saturated carbocycles. The number of amides is 2. The maximum atomic E-state index is 12.7. The molecule has 1 aliphatic heterocycles. The molecule has 2 aromatic carbocycles. The molecule has 1 aliphatic carbocycles. The molecule has 0 radical (unpaired) electrons. The monoisotopic (exact) mass is 459 g/mol. The Bertz CT molecular complexity index is 881. The minimum Gasteiger partial charge on any atom is -0.337 e. The van der Waals surface area contributed by atoms with Crippen molar-refractivity contribution >= 4 is 34.9 Å². The first-order valence-corrected chi connectivity index (χ1v) is 12.0. The van der Waals surface area contributed by atoms with Crippen LogP contribution in [0.1, 0.15) is 49.7 Å². The van der Waals surface area contributed by atoms with Crippen LogP contribution in [0.3, 0.4) is 0 Å². The summed E-state index contributed by atoms with van der Waals surface area (Å²) in [5.41, 5.74) is 3.11. The van der Waals surface area contributed by atoms with Crippen molar-refractivity contribution in [2.75, 3.05) is 25.0 Å². The molecule has 0 unspecified atom stereocenters. The van der Waals surface area contributed by atoms with Crippen molar-refractivity contribution < 1.29 is 4.79 Å². The predicted octanol–water partition coefficient (Wildman–Crippen LogP) is 6.40. The Morgan fingerprint density at radius 1 is 1.03 bits per heavy atom. The number of likely N-dealkylation sites (tertiary alicyclic amines) is 1. The SMILES string of the molecule is Cc1ccc(C2(CNC(=O)Nc3cc(Cl)cc(Cl)c3)CCN(C3CCCC3)CC2)cc1. The lowest BCUT2D eigenvalue weighted by Gasteiger charge is -2.44. The molecule has 0 atom stereocenters. The summed E-state index contributed by atoms with van der Waals surface area (Å²) < 4.78 is 0. The van der Waals surface area contributed by atoms with Crippen molar-refractivity contribution in [2.24, 2.45) is 0 Å². The Balaban J connectivity index is 1.44. The van der Waals surface area contributed by atoms with Crippen LogP contribution in [0, 0.1) is 6.92 Å². The van der Waals surface area contributed by atoms with E-state index in [1.165, 1.54) is 36.8 Å². The van der Waals surface area contributed by atoms with E-state index >= 15 is 0 Å². The molecule has 6 heteroatoms. The second-order valence-electron chi connectivity index (χ2n) is 9.09. The summed E-state index contributed by atoms with van der Waals surface area (Å²) in [5, 5.41) is 6.99. The molecular formula is C25H31Cl2N3O. The number of piperidine rings is 1. The Hall–Kier alpha value is -1.75. The molecule has 31 heavy (non-hydrogen) atoms. The Morgan fingerprint density at radius 3 is 2.26 bits per heavy atom. The largest absolute Gasteiger partial charge is 0.337 e. The minimum absolute atomic E-state index is 0.0495. The number of benzene rings is 2. The van der Waals surface area contributed by atoms with Crippen molar-refractivity contribution in [3.8, 4) is 0 Å². The van der Waals surface area contributed by atoms with Gasteiger partial charge in [0.25, 0.3) is 0 Å². The second-order valence-corrected chi connectivity index (χ2v) is 9.96. The van der Waals surface area contributed by atoms with Gasteiger partial charge >= 0.3 is 6.03 Å². The van der Waals surface area contributed by atoms with E-state index < -0.39 is 0 Å². The molecular weight excluding hydrogens is 429 g/mol. The highest BCUT2D eigenvalue weighted by Crippen LogP contribution is 2.37. The van der Waals surface area contributed by atoms with Crippen LogP contribution >= 0.6 is 23.2 Å². The van der Waals surface area contributed by atoms with Crippen LogP contribution < -0.4 is 10.6 Å². The van der Waals surface area contributed by atoms with Gasteiger partial charge in [-0.25, -0.2) is 4.79 Å². The van der Waals surface area contributed by atoms with Gasteiger partial charge in [0.2, 0.25) is 0 Å². The number of hydrogen-bond donors (Lipinski definition) is 2. The number of nitrogens with one attached hydrogen (secondary N) is 2. The second kappa shape index (κ2) is 9.81. The number of aryl methyl sites for hydroxylation is 1. The lowest BCUT2D eigenvalue weighted by molar-refractivity contribution is 0.115. The average Bonchev–Trinajstić information content (AvgIpc) is 3.27. The summed E-state index contributed by atoms with van der Waals surface area (Å²) in [6.45, 7) is 4.90. The number of halogens is 2. The molecule has 0 bridgehead atoms. The molecule has 1 saturated heterocycles. The minimum atomic E-state index is -0.233. The molecule has 2 aliphatic rings. The number of rotatable bonds is 5. The number of urea groups is 1. The fourth-order valence-electron chi connectivity index (χ4n) is 5.11. The number of hydrogen-bond acceptors (Lipinski definition) is 2. The first kappa shape index (κ1) is 22.4. The van der Waals surface area contributed by atoms with Gasteiger partial charge in [0.05, 0.1) is 0 Å². The Kier molecular flexibility index (Phi) is 7.10. The summed E-state index contributed by atoms with van der Waals surface area (Å²) in [6, 6.07) is 14.4. The third-order valence-corrected chi connectivity index (χ3v) is 7.40. The quantitative estimate of drug-likeness (QED) is 0.542. The molecule has 2 N–H and O–H groups in total. The van der Waals surface area contributed by atoms with Crippen LogP contribution in [0.15, 0.2) is 42.5 Å². The number of nitrogens with zero attached hydrogens (tertiary/aromatic N) is 1. The van der Waals surface area contributed by atoms with Gasteiger partial charge in [0.1, 0.15) is 0 Å². The summed E-state index contributed by atoms with van der Waals surface area (Å²) in [6.07, 6.45) is 7.49. The van der Waals surface area contributed by atoms with Crippen LogP contribution in [-0.2, 0) is 5.41 Å². The van der Waals surface area contributed by atoms with E-state index in [1.54, 1.807) is 18.2 Å². The molecule has 1 heterocycles. The van der Waals surface area contributed by atoms with Crippen LogP contribution in [0.2, 0.25) is 10.0 Å². The number of carbonyl (C=O) groups is 1. The molecule has 0 spiro atoms. The zero-order valence-electron chi connectivity index (χ0n) is 18.1. The molecule has 2 amide bonds. The molecule has 2 aromatic rings. The number of carbonyl (C=O) groups excluding carboxylic acids is 1. The highest BCUT2D eigenvalue weighted by molar-refractivity contribution is 6.35. The van der Waals surface area contributed by atoms with Gasteiger partial charge in [-0.1, -0.05) is 65.9 Å². The lowest BCUT2D eigenvalue weighted by Crippen LogP contribution is -2.51. The average molecular weight is 460 g/mol. The van der Waals surface area contributed by atoms with Gasteiger partial charge in [-0.3, -0.25) is 0 Å². The van der Waals surface area contributed by atoms with E-state index in [0.717, 1.165) is 32.0 Å². The normalized spacial score (nSPS) is 19.3. The van der Waals surface area contributed by atoms with E-state index in [0.29, 0.717) is 22.3 Å². The molecule has 166 valence electrons. The summed E-state index contributed by atoms with van der Waals surface area (Å²) >= 11 is 12.1. The van der Waals surface area contributed by atoms with E-state index in [4.69, 9.17) is 23.2 Å². The molecule has 4 nitrogen and oxygen atoms in total. The van der Waals surface area contributed by atoms with Crippen molar-refractivity contribution in [1.82, 2.24) is 10.2 Å². The zero-order chi connectivity index (χ0) is 21.8. The third kappa shape index (κ3) is 5.54. The standard InChI is InChI=1S/C25H31Cl2N3O/c1-18-6-8-19(9-7-18)25(10-12-30(13-11-25)23-4-2-3-5-23)17-28-24(31)29-22-15-20(26)14-21(27)16-22/h6-9,14-16,23H,2-5,10-13,17H2,1H3,(H2,28,29,31). The maximum absolute atomic E-state index is 12.7. The van der Waals surface area contributed by atoms with Gasteiger partial charge in [0.15, 0.2) is 0 Å². The van der Waals surface area contributed by atoms with Crippen molar-refractivity contribution in [3.63, 3.8) is 0 Å². The highest BCUT2D eigenvalue weighted by Gasteiger charge is 2.38. The molecule has 4 rings (SSSR count). The van der Waals surface area contributed by atoms with Crippen molar-refractivity contribution in [2.45, 2.75) is 56.9 Å². The summed E-state index contributed by atoms with van der Waals surface area (Å²) in [5.74, 6) is 0. The molecule has 0 aromatic heterocycles. The van der Waals surface area contributed by atoms with Crippen LogP contribution in [-0.4, -0.2) is 36.6 Å². The van der Waals surface area contributed by atoms with Crippen molar-refractivity contribution in [1.29, 1.82) is 0 Å². The van der Waals surface area contributed by atoms with Crippen LogP contribution in [0.4, 0.5) is 10.5 Å². The molecule has 2 fully saturated rings. The third-order valence-electron chi connectivity index (χ3n) is 6.97. The van der Waals surface area contributed by atoms with E-state index in [1.807, 2.05) is 0 Å². The number of anilines is 1. The van der Waals surface area contributed by atoms with Gasteiger partial charge in [-0.05, 0) is 69.5 Å². The van der Waals surface area contributed by atoms with E-state index in [9.17, 15) is 4.79 Å². The van der Waals surface area contributed by atoms with E-state index in [-0.39, 0.29) is 11.4 Å². The topological polar surface area (TPSA) is 44.4 Å².